The Hall–Kier alpha value is -2.10. The van der Waals surface area contributed by atoms with E-state index < -0.39 is 0 Å². The summed E-state index contributed by atoms with van der Waals surface area (Å²) in [5.41, 5.74) is 3.64. The third-order valence-corrected chi connectivity index (χ3v) is 3.07. The average Bonchev–Trinajstić information content (AvgIpc) is 2.36. The summed E-state index contributed by atoms with van der Waals surface area (Å²) in [6, 6.07) is 5.79. The average molecular weight is 244 g/mol. The van der Waals surface area contributed by atoms with Gasteiger partial charge in [-0.15, -0.1) is 0 Å². The molecule has 0 saturated carbocycles. The molecule has 0 saturated heterocycles. The maximum atomic E-state index is 11.7. The minimum Gasteiger partial charge on any atom is -0.497 e. The van der Waals surface area contributed by atoms with Gasteiger partial charge in [-0.05, 0) is 37.6 Å². The quantitative estimate of drug-likeness (QED) is 0.812. The molecule has 0 amide bonds. The first kappa shape index (κ1) is 12.4. The molecule has 1 aromatic carbocycles. The van der Waals surface area contributed by atoms with Crippen LogP contribution in [-0.2, 0) is 7.05 Å². The van der Waals surface area contributed by atoms with Crippen LogP contribution in [0.1, 0.15) is 11.3 Å². The summed E-state index contributed by atoms with van der Waals surface area (Å²) >= 11 is 0. The van der Waals surface area contributed by atoms with E-state index in [0.29, 0.717) is 0 Å². The van der Waals surface area contributed by atoms with Crippen molar-refractivity contribution in [1.29, 1.82) is 0 Å². The third kappa shape index (κ3) is 2.01. The first-order valence-electron chi connectivity index (χ1n) is 5.72. The minimum absolute atomic E-state index is 0.106. The lowest BCUT2D eigenvalue weighted by Crippen LogP contribution is -2.19. The van der Waals surface area contributed by atoms with Gasteiger partial charge in [0.15, 0.2) is 0 Å². The Morgan fingerprint density at radius 3 is 2.61 bits per heavy atom. The molecule has 0 bridgehead atoms. The molecule has 0 atom stereocenters. The predicted octanol–water partition coefficient (Wildman–Crippen LogP) is 2.07. The molecule has 1 aromatic heterocycles. The number of hydrogen-bond donors (Lipinski definition) is 0. The van der Waals surface area contributed by atoms with E-state index in [2.05, 4.69) is 4.98 Å². The summed E-state index contributed by atoms with van der Waals surface area (Å²) < 4.78 is 6.81. The normalized spacial score (nSPS) is 10.4. The molecule has 0 N–H and O–H groups in total. The van der Waals surface area contributed by atoms with Gasteiger partial charge in [0.1, 0.15) is 5.75 Å². The van der Waals surface area contributed by atoms with Crippen LogP contribution in [0.4, 0.5) is 0 Å². The highest BCUT2D eigenvalue weighted by Crippen LogP contribution is 2.27. The molecule has 18 heavy (non-hydrogen) atoms. The van der Waals surface area contributed by atoms with Gasteiger partial charge >= 0.3 is 0 Å². The predicted molar refractivity (Wildman–Crippen MR) is 70.9 cm³/mol. The zero-order chi connectivity index (χ0) is 13.3. The number of rotatable bonds is 2. The second-order valence-electron chi connectivity index (χ2n) is 4.27. The first-order chi connectivity index (χ1) is 8.54. The Balaban J connectivity index is 2.70. The summed E-state index contributed by atoms with van der Waals surface area (Å²) in [5, 5.41) is 0. The lowest BCUT2D eigenvalue weighted by molar-refractivity contribution is 0.414. The zero-order valence-electron chi connectivity index (χ0n) is 11.0. The van der Waals surface area contributed by atoms with E-state index >= 15 is 0 Å². The van der Waals surface area contributed by atoms with Gasteiger partial charge in [0.2, 0.25) is 0 Å². The highest BCUT2D eigenvalue weighted by molar-refractivity contribution is 5.66. The van der Waals surface area contributed by atoms with E-state index in [0.717, 1.165) is 28.3 Å². The fraction of sp³-hybridized carbons (Fsp3) is 0.286. The monoisotopic (exact) mass is 244 g/mol. The lowest BCUT2D eigenvalue weighted by Gasteiger charge is -2.13. The van der Waals surface area contributed by atoms with Gasteiger partial charge < -0.3 is 9.30 Å². The molecule has 2 aromatic rings. The number of aryl methyl sites for hydroxylation is 2. The van der Waals surface area contributed by atoms with Gasteiger partial charge in [-0.25, -0.2) is 0 Å². The van der Waals surface area contributed by atoms with Gasteiger partial charge in [-0.2, -0.15) is 0 Å². The van der Waals surface area contributed by atoms with Crippen molar-refractivity contribution < 1.29 is 4.74 Å². The molecule has 4 nitrogen and oxygen atoms in total. The van der Waals surface area contributed by atoms with Gasteiger partial charge in [0.25, 0.3) is 5.56 Å². The molecule has 4 heteroatoms. The number of hydrogen-bond acceptors (Lipinski definition) is 3. The van der Waals surface area contributed by atoms with E-state index in [-0.39, 0.29) is 5.56 Å². The Bertz CT molecular complexity index is 645. The van der Waals surface area contributed by atoms with Crippen molar-refractivity contribution in [3.63, 3.8) is 0 Å². The second kappa shape index (κ2) is 4.64. The van der Waals surface area contributed by atoms with Crippen LogP contribution in [0.25, 0.3) is 11.3 Å². The van der Waals surface area contributed by atoms with Crippen molar-refractivity contribution in [2.75, 3.05) is 7.11 Å². The molecule has 0 unspecified atom stereocenters. The molecule has 0 fully saturated rings. The van der Waals surface area contributed by atoms with E-state index in [1.54, 1.807) is 18.7 Å². The van der Waals surface area contributed by atoms with Gasteiger partial charge in [-0.1, -0.05) is 0 Å². The summed E-state index contributed by atoms with van der Waals surface area (Å²) in [5.74, 6) is 0.808. The molecule has 2 rings (SSSR count). The maximum absolute atomic E-state index is 11.7. The number of aromatic nitrogens is 2. The van der Waals surface area contributed by atoms with Crippen LogP contribution in [0.3, 0.4) is 0 Å². The van der Waals surface area contributed by atoms with Crippen molar-refractivity contribution in [1.82, 2.24) is 9.55 Å². The molecular formula is C14H16N2O2. The standard InChI is InChI=1S/C14H16N2O2/c1-9-7-11(18-4)5-6-12(9)14-10(2)15-8-13(17)16(14)3/h5-8H,1-4H3. The maximum Gasteiger partial charge on any atom is 0.269 e. The Morgan fingerprint density at radius 2 is 2.00 bits per heavy atom. The van der Waals surface area contributed by atoms with E-state index in [4.69, 9.17) is 4.74 Å². The lowest BCUT2D eigenvalue weighted by atomic mass is 10.0. The molecular weight excluding hydrogens is 228 g/mol. The molecule has 0 aliphatic rings. The summed E-state index contributed by atoms with van der Waals surface area (Å²) in [6.45, 7) is 3.90. The van der Waals surface area contributed by atoms with Crippen molar-refractivity contribution >= 4 is 0 Å². The topological polar surface area (TPSA) is 44.1 Å². The SMILES string of the molecule is COc1ccc(-c2c(C)ncc(=O)n2C)c(C)c1. The molecule has 94 valence electrons. The summed E-state index contributed by atoms with van der Waals surface area (Å²) in [6.07, 6.45) is 1.34. The Kier molecular flexibility index (Phi) is 3.19. The smallest absolute Gasteiger partial charge is 0.269 e. The molecule has 0 aliphatic heterocycles. The van der Waals surface area contributed by atoms with Crippen LogP contribution in [0.15, 0.2) is 29.2 Å². The number of ether oxygens (including phenoxy) is 1. The first-order valence-corrected chi connectivity index (χ1v) is 5.72. The molecule has 1 heterocycles. The van der Waals surface area contributed by atoms with E-state index in [1.807, 2.05) is 32.0 Å². The molecule has 0 spiro atoms. The number of nitrogens with zero attached hydrogens (tertiary/aromatic N) is 2. The van der Waals surface area contributed by atoms with Crippen molar-refractivity contribution in [3.05, 3.63) is 46.0 Å². The highest BCUT2D eigenvalue weighted by atomic mass is 16.5. The van der Waals surface area contributed by atoms with Gasteiger partial charge in [0, 0.05) is 12.6 Å². The Labute approximate surface area is 106 Å². The third-order valence-electron chi connectivity index (χ3n) is 3.07. The fourth-order valence-corrected chi connectivity index (χ4v) is 2.06. The van der Waals surface area contributed by atoms with Crippen LogP contribution in [-0.4, -0.2) is 16.7 Å². The van der Waals surface area contributed by atoms with Crippen LogP contribution in [0.2, 0.25) is 0 Å². The van der Waals surface area contributed by atoms with E-state index in [9.17, 15) is 4.79 Å². The number of benzene rings is 1. The van der Waals surface area contributed by atoms with Crippen molar-refractivity contribution in [3.8, 4) is 17.0 Å². The van der Waals surface area contributed by atoms with Gasteiger partial charge in [0.05, 0.1) is 24.7 Å². The summed E-state index contributed by atoms with van der Waals surface area (Å²) in [4.78, 5) is 15.8. The molecule has 0 radical (unpaired) electrons. The van der Waals surface area contributed by atoms with Crippen LogP contribution < -0.4 is 10.3 Å². The highest BCUT2D eigenvalue weighted by Gasteiger charge is 2.11. The van der Waals surface area contributed by atoms with Gasteiger partial charge in [-0.3, -0.25) is 9.78 Å². The number of methoxy groups -OCH3 is 1. The van der Waals surface area contributed by atoms with Crippen molar-refractivity contribution in [2.24, 2.45) is 7.05 Å². The Morgan fingerprint density at radius 1 is 1.28 bits per heavy atom. The van der Waals surface area contributed by atoms with Crippen LogP contribution in [0.5, 0.6) is 5.75 Å². The minimum atomic E-state index is -0.106. The molecule has 0 aliphatic carbocycles. The van der Waals surface area contributed by atoms with E-state index in [1.165, 1.54) is 6.20 Å². The largest absolute Gasteiger partial charge is 0.497 e. The van der Waals surface area contributed by atoms with Crippen molar-refractivity contribution in [2.45, 2.75) is 13.8 Å². The fourth-order valence-electron chi connectivity index (χ4n) is 2.06. The van der Waals surface area contributed by atoms with Crippen LogP contribution >= 0.6 is 0 Å². The van der Waals surface area contributed by atoms with Crippen LogP contribution in [0, 0.1) is 13.8 Å². The second-order valence-corrected chi connectivity index (χ2v) is 4.27. The zero-order valence-corrected chi connectivity index (χ0v) is 11.0. The summed E-state index contributed by atoms with van der Waals surface area (Å²) in [7, 11) is 3.40.